The molecule has 0 aliphatic rings. The van der Waals surface area contributed by atoms with Crippen molar-refractivity contribution in [2.75, 3.05) is 19.1 Å². The first-order valence-electron chi connectivity index (χ1n) is 6.12. The molecular formula is C11H18N4O5S. The number of methoxy groups -OCH3 is 1. The standard InChI is InChI=1S/C11H18N4O5S/c1-3-8(7-20-2)14-21(18,19)11-5-4-9(13-12)6-10(11)15(16)17/h4-6,8,13-14H,3,7,12H2,1-2H3. The third-order valence-corrected chi connectivity index (χ3v) is 4.36. The summed E-state index contributed by atoms with van der Waals surface area (Å²) in [4.78, 5) is 9.85. The van der Waals surface area contributed by atoms with Gasteiger partial charge in [0, 0.05) is 19.2 Å². The Balaban J connectivity index is 3.21. The van der Waals surface area contributed by atoms with Crippen molar-refractivity contribution in [3.63, 3.8) is 0 Å². The molecule has 118 valence electrons. The van der Waals surface area contributed by atoms with Gasteiger partial charge < -0.3 is 10.2 Å². The highest BCUT2D eigenvalue weighted by molar-refractivity contribution is 7.89. The van der Waals surface area contributed by atoms with Crippen LogP contribution in [0, 0.1) is 10.1 Å². The fourth-order valence-corrected chi connectivity index (χ4v) is 3.15. The van der Waals surface area contributed by atoms with Gasteiger partial charge in [0.25, 0.3) is 5.69 Å². The van der Waals surface area contributed by atoms with Gasteiger partial charge in [-0.3, -0.25) is 16.0 Å². The molecule has 0 aliphatic heterocycles. The van der Waals surface area contributed by atoms with Crippen LogP contribution in [0.25, 0.3) is 0 Å². The van der Waals surface area contributed by atoms with E-state index in [2.05, 4.69) is 10.1 Å². The van der Waals surface area contributed by atoms with Crippen LogP contribution in [-0.4, -0.2) is 33.1 Å². The number of nitrogens with one attached hydrogen (secondary N) is 2. The minimum atomic E-state index is -4.03. The van der Waals surface area contributed by atoms with Gasteiger partial charge in [0.15, 0.2) is 4.90 Å². The van der Waals surface area contributed by atoms with Crippen LogP contribution in [0.1, 0.15) is 13.3 Å². The smallest absolute Gasteiger partial charge is 0.291 e. The third-order valence-electron chi connectivity index (χ3n) is 2.79. The molecule has 1 unspecified atom stereocenters. The van der Waals surface area contributed by atoms with Crippen molar-refractivity contribution in [2.45, 2.75) is 24.3 Å². The van der Waals surface area contributed by atoms with Crippen LogP contribution in [0.2, 0.25) is 0 Å². The maximum atomic E-state index is 12.3. The Morgan fingerprint density at radius 2 is 2.14 bits per heavy atom. The molecular weight excluding hydrogens is 300 g/mol. The number of hydrogen-bond acceptors (Lipinski definition) is 7. The summed E-state index contributed by atoms with van der Waals surface area (Å²) < 4.78 is 31.8. The van der Waals surface area contributed by atoms with Crippen molar-refractivity contribution in [1.29, 1.82) is 0 Å². The van der Waals surface area contributed by atoms with Crippen LogP contribution < -0.4 is 16.0 Å². The number of rotatable bonds is 8. The van der Waals surface area contributed by atoms with Crippen LogP contribution in [0.15, 0.2) is 23.1 Å². The van der Waals surface area contributed by atoms with Crippen LogP contribution in [-0.2, 0) is 14.8 Å². The van der Waals surface area contributed by atoms with Crippen molar-refractivity contribution in [3.8, 4) is 0 Å². The molecule has 0 saturated carbocycles. The van der Waals surface area contributed by atoms with Crippen LogP contribution in [0.4, 0.5) is 11.4 Å². The molecule has 1 rings (SSSR count). The molecule has 1 aromatic carbocycles. The minimum Gasteiger partial charge on any atom is -0.383 e. The molecule has 0 heterocycles. The molecule has 0 amide bonds. The number of hydrogen-bond donors (Lipinski definition) is 3. The lowest BCUT2D eigenvalue weighted by Gasteiger charge is -2.16. The topological polar surface area (TPSA) is 137 Å². The fourth-order valence-electron chi connectivity index (χ4n) is 1.70. The maximum absolute atomic E-state index is 12.3. The van der Waals surface area contributed by atoms with E-state index < -0.39 is 31.6 Å². The lowest BCUT2D eigenvalue weighted by atomic mass is 10.3. The first-order chi connectivity index (χ1) is 9.85. The zero-order valence-corrected chi connectivity index (χ0v) is 12.5. The quantitative estimate of drug-likeness (QED) is 0.362. The zero-order valence-electron chi connectivity index (χ0n) is 11.7. The number of nitrogens with zero attached hydrogens (tertiary/aromatic N) is 1. The lowest BCUT2D eigenvalue weighted by Crippen LogP contribution is -2.37. The summed E-state index contributed by atoms with van der Waals surface area (Å²) in [5, 5.41) is 11.0. The Kier molecular flexibility index (Phi) is 6.03. The van der Waals surface area contributed by atoms with Gasteiger partial charge in [-0.1, -0.05) is 6.92 Å². The Bertz CT molecular complexity index is 605. The molecule has 0 spiro atoms. The number of nitrogens with two attached hydrogens (primary N) is 1. The second-order valence-corrected chi connectivity index (χ2v) is 5.95. The predicted molar refractivity (Wildman–Crippen MR) is 77.2 cm³/mol. The molecule has 4 N–H and O–H groups in total. The highest BCUT2D eigenvalue weighted by Gasteiger charge is 2.28. The third kappa shape index (κ3) is 4.36. The van der Waals surface area contributed by atoms with Crippen LogP contribution in [0.3, 0.4) is 0 Å². The molecule has 9 nitrogen and oxygen atoms in total. The average Bonchev–Trinajstić information content (AvgIpc) is 2.45. The molecule has 10 heteroatoms. The normalized spacial score (nSPS) is 12.9. The number of ether oxygens (including phenoxy) is 1. The van der Waals surface area contributed by atoms with Crippen molar-refractivity contribution >= 4 is 21.4 Å². The highest BCUT2D eigenvalue weighted by atomic mass is 32.2. The summed E-state index contributed by atoms with van der Waals surface area (Å²) in [5.41, 5.74) is 1.92. The zero-order chi connectivity index (χ0) is 16.0. The van der Waals surface area contributed by atoms with Gasteiger partial charge >= 0.3 is 0 Å². The van der Waals surface area contributed by atoms with E-state index in [9.17, 15) is 18.5 Å². The van der Waals surface area contributed by atoms with E-state index >= 15 is 0 Å². The van der Waals surface area contributed by atoms with E-state index in [1.807, 2.05) is 0 Å². The van der Waals surface area contributed by atoms with E-state index in [0.717, 1.165) is 12.1 Å². The van der Waals surface area contributed by atoms with E-state index in [1.165, 1.54) is 13.2 Å². The van der Waals surface area contributed by atoms with Gasteiger partial charge in [-0.05, 0) is 18.6 Å². The van der Waals surface area contributed by atoms with Gasteiger partial charge in [-0.15, -0.1) is 0 Å². The van der Waals surface area contributed by atoms with Gasteiger partial charge in [0.2, 0.25) is 10.0 Å². The molecule has 0 saturated heterocycles. The molecule has 1 atom stereocenters. The molecule has 0 radical (unpaired) electrons. The van der Waals surface area contributed by atoms with E-state index in [1.54, 1.807) is 6.92 Å². The number of nitro benzene ring substituents is 1. The predicted octanol–water partition coefficient (Wildman–Crippen LogP) is 0.584. The summed E-state index contributed by atoms with van der Waals surface area (Å²) in [6.45, 7) is 1.95. The van der Waals surface area contributed by atoms with Gasteiger partial charge in [0.1, 0.15) is 0 Å². The second kappa shape index (κ2) is 7.31. The van der Waals surface area contributed by atoms with Gasteiger partial charge in [-0.2, -0.15) is 0 Å². The van der Waals surface area contributed by atoms with Crippen molar-refractivity contribution < 1.29 is 18.1 Å². The van der Waals surface area contributed by atoms with Crippen LogP contribution >= 0.6 is 0 Å². The van der Waals surface area contributed by atoms with E-state index in [4.69, 9.17) is 10.6 Å². The minimum absolute atomic E-state index is 0.173. The lowest BCUT2D eigenvalue weighted by molar-refractivity contribution is -0.387. The van der Waals surface area contributed by atoms with Crippen molar-refractivity contribution in [2.24, 2.45) is 5.84 Å². The first kappa shape index (κ1) is 17.3. The monoisotopic (exact) mass is 318 g/mol. The second-order valence-electron chi connectivity index (χ2n) is 4.27. The van der Waals surface area contributed by atoms with Gasteiger partial charge in [0.05, 0.1) is 17.2 Å². The summed E-state index contributed by atoms with van der Waals surface area (Å²) in [6.07, 6.45) is 0.489. The van der Waals surface area contributed by atoms with Gasteiger partial charge in [-0.25, -0.2) is 13.1 Å². The number of anilines is 1. The summed E-state index contributed by atoms with van der Waals surface area (Å²) in [7, 11) is -2.59. The van der Waals surface area contributed by atoms with Crippen LogP contribution in [0.5, 0.6) is 0 Å². The molecule has 0 aliphatic carbocycles. The Morgan fingerprint density at radius 1 is 1.48 bits per heavy atom. The number of nitrogen functional groups attached to an aromatic ring is 1. The molecule has 0 fully saturated rings. The summed E-state index contributed by atoms with van der Waals surface area (Å²) in [6, 6.07) is 3.08. The van der Waals surface area contributed by atoms with E-state index in [-0.39, 0.29) is 12.3 Å². The molecule has 1 aromatic rings. The molecule has 21 heavy (non-hydrogen) atoms. The largest absolute Gasteiger partial charge is 0.383 e. The molecule has 0 bridgehead atoms. The Morgan fingerprint density at radius 3 is 2.62 bits per heavy atom. The number of benzene rings is 1. The maximum Gasteiger partial charge on any atom is 0.291 e. The van der Waals surface area contributed by atoms with Crippen molar-refractivity contribution in [1.82, 2.24) is 4.72 Å². The number of sulfonamides is 1. The Labute approximate surface area is 122 Å². The molecule has 0 aromatic heterocycles. The van der Waals surface area contributed by atoms with E-state index in [0.29, 0.717) is 6.42 Å². The highest BCUT2D eigenvalue weighted by Crippen LogP contribution is 2.27. The van der Waals surface area contributed by atoms with Crippen molar-refractivity contribution in [3.05, 3.63) is 28.3 Å². The first-order valence-corrected chi connectivity index (χ1v) is 7.60. The SMILES string of the molecule is CCC(COC)NS(=O)(=O)c1ccc(NN)cc1[N+](=O)[O-]. The summed E-state index contributed by atoms with van der Waals surface area (Å²) in [5.74, 6) is 5.17. The Hall–Kier alpha value is -1.75. The summed E-state index contributed by atoms with van der Waals surface area (Å²) >= 11 is 0. The number of hydrazine groups is 1. The number of nitro groups is 1. The fraction of sp³-hybridized carbons (Fsp3) is 0.455. The average molecular weight is 318 g/mol.